The summed E-state index contributed by atoms with van der Waals surface area (Å²) in [6.07, 6.45) is 0.502. The monoisotopic (exact) mass is 410 g/mol. The zero-order chi connectivity index (χ0) is 20.3. The maximum Gasteiger partial charge on any atom is 0.321 e. The van der Waals surface area contributed by atoms with Gasteiger partial charge in [0.25, 0.3) is 0 Å². The van der Waals surface area contributed by atoms with Crippen LogP contribution in [0.1, 0.15) is 17.9 Å². The van der Waals surface area contributed by atoms with E-state index in [0.717, 1.165) is 5.56 Å². The minimum absolute atomic E-state index is 0.169. The molecule has 3 rings (SSSR count). The average molecular weight is 410 g/mol. The Bertz CT molecular complexity index is 904. The number of morpholine rings is 1. The van der Waals surface area contributed by atoms with Crippen molar-refractivity contribution in [3.05, 3.63) is 23.8 Å². The van der Waals surface area contributed by atoms with Crippen molar-refractivity contribution in [2.45, 2.75) is 17.9 Å². The van der Waals surface area contributed by atoms with Crippen molar-refractivity contribution in [2.24, 2.45) is 4.36 Å². The largest absolute Gasteiger partial charge is 0.494 e. The lowest BCUT2D eigenvalue weighted by molar-refractivity contribution is -0.129. The normalized spacial score (nSPS) is 24.1. The van der Waals surface area contributed by atoms with Crippen molar-refractivity contribution in [1.82, 2.24) is 15.5 Å². The molecule has 1 aromatic rings. The Balaban J connectivity index is 1.95. The molecule has 1 aromatic carbocycles. The number of ether oxygens (including phenoxy) is 2. The first kappa shape index (κ1) is 20.2. The molecular formula is C17H22N4O6S. The van der Waals surface area contributed by atoms with Gasteiger partial charge in [-0.25, -0.2) is 4.79 Å². The maximum atomic E-state index is 13.0. The number of methoxy groups -OCH3 is 1. The van der Waals surface area contributed by atoms with Crippen molar-refractivity contribution in [3.8, 4) is 5.75 Å². The van der Waals surface area contributed by atoms with Crippen LogP contribution in [0.15, 0.2) is 22.6 Å². The number of rotatable bonds is 5. The minimum Gasteiger partial charge on any atom is -0.494 e. The number of imide groups is 1. The molecule has 0 spiro atoms. The van der Waals surface area contributed by atoms with Crippen LogP contribution in [0.4, 0.5) is 10.5 Å². The van der Waals surface area contributed by atoms with Crippen LogP contribution in [0.5, 0.6) is 5.75 Å². The lowest BCUT2D eigenvalue weighted by Gasteiger charge is -2.34. The molecule has 1 saturated heterocycles. The van der Waals surface area contributed by atoms with Gasteiger partial charge in [-0.3, -0.25) is 15.0 Å². The van der Waals surface area contributed by atoms with Gasteiger partial charge in [-0.1, -0.05) is 6.07 Å². The molecule has 2 fully saturated rings. The topological polar surface area (TPSA) is 126 Å². The van der Waals surface area contributed by atoms with Crippen LogP contribution < -0.4 is 15.4 Å². The van der Waals surface area contributed by atoms with E-state index in [-0.39, 0.29) is 17.5 Å². The molecular weight excluding hydrogens is 388 g/mol. The maximum absolute atomic E-state index is 13.0. The van der Waals surface area contributed by atoms with E-state index in [2.05, 4.69) is 15.0 Å². The summed E-state index contributed by atoms with van der Waals surface area (Å²) in [5.41, 5.74) is 0.0324. The second kappa shape index (κ2) is 8.25. The highest BCUT2D eigenvalue weighted by atomic mass is 32.2. The summed E-state index contributed by atoms with van der Waals surface area (Å²) in [5.74, 6) is -0.281. The number of nitrogens with one attached hydrogen (secondary N) is 2. The summed E-state index contributed by atoms with van der Waals surface area (Å²) < 4.78 is 36.1. The third kappa shape index (κ3) is 3.86. The first-order chi connectivity index (χ1) is 13.4. The molecule has 3 amide bonds. The Morgan fingerprint density at radius 2 is 2.04 bits per heavy atom. The van der Waals surface area contributed by atoms with Crippen LogP contribution >= 0.6 is 0 Å². The number of hydrogen-bond acceptors (Lipinski definition) is 8. The van der Waals surface area contributed by atoms with Gasteiger partial charge in [0, 0.05) is 26.1 Å². The molecule has 11 heteroatoms. The van der Waals surface area contributed by atoms with Crippen molar-refractivity contribution in [3.63, 3.8) is 0 Å². The second-order valence-corrected chi connectivity index (χ2v) is 7.17. The fourth-order valence-corrected chi connectivity index (χ4v) is 4.00. The van der Waals surface area contributed by atoms with Crippen LogP contribution in [-0.2, 0) is 20.0 Å². The molecule has 2 atom stereocenters. The van der Waals surface area contributed by atoms with Gasteiger partial charge < -0.3 is 14.8 Å². The van der Waals surface area contributed by atoms with Crippen LogP contribution in [-0.4, -0.2) is 71.3 Å². The van der Waals surface area contributed by atoms with E-state index >= 15 is 0 Å². The Morgan fingerprint density at radius 1 is 1.32 bits per heavy atom. The van der Waals surface area contributed by atoms with E-state index in [0.29, 0.717) is 38.5 Å². The number of carbonyl (C=O) groups excluding carboxylic acids is 2. The van der Waals surface area contributed by atoms with E-state index in [1.165, 1.54) is 14.2 Å². The Kier molecular flexibility index (Phi) is 5.96. The Labute approximate surface area is 163 Å². The zero-order valence-corrected chi connectivity index (χ0v) is 16.4. The predicted molar refractivity (Wildman–Crippen MR) is 99.1 cm³/mol. The lowest BCUT2D eigenvalue weighted by Crippen LogP contribution is -2.56. The molecule has 1 aliphatic heterocycles. The van der Waals surface area contributed by atoms with Crippen LogP contribution in [0.2, 0.25) is 0 Å². The van der Waals surface area contributed by atoms with Gasteiger partial charge in [0.1, 0.15) is 17.0 Å². The van der Waals surface area contributed by atoms with Gasteiger partial charge in [-0.2, -0.15) is 8.42 Å². The highest BCUT2D eigenvalue weighted by Crippen LogP contribution is 2.56. The standard InChI is InChI=1S/C17H22N4O6S/c1-18-16(23)19-15(22)17(21-5-7-27-8-6-21)10-12(17)11-3-4-14(26-2)13(9-11)20-28(24)25/h3-4,9,12H,5-8,10H2,1-2H3,(H2,18,19,22,23). The molecule has 10 nitrogen and oxygen atoms in total. The number of nitrogens with zero attached hydrogens (tertiary/aromatic N) is 2. The molecule has 1 heterocycles. The van der Waals surface area contributed by atoms with E-state index in [4.69, 9.17) is 9.47 Å². The first-order valence-electron chi connectivity index (χ1n) is 8.77. The van der Waals surface area contributed by atoms with Gasteiger partial charge in [0.2, 0.25) is 5.91 Å². The van der Waals surface area contributed by atoms with Gasteiger partial charge >= 0.3 is 16.5 Å². The fourth-order valence-electron chi connectivity index (χ4n) is 3.70. The molecule has 0 aromatic heterocycles. The number of amides is 3. The first-order valence-corrected chi connectivity index (χ1v) is 9.80. The fraction of sp³-hybridized carbons (Fsp3) is 0.529. The van der Waals surface area contributed by atoms with E-state index in [9.17, 15) is 18.0 Å². The highest BCUT2D eigenvalue weighted by Gasteiger charge is 2.64. The molecule has 0 bridgehead atoms. The van der Waals surface area contributed by atoms with Crippen molar-refractivity contribution in [1.29, 1.82) is 0 Å². The summed E-state index contributed by atoms with van der Waals surface area (Å²) in [5, 5.41) is 4.77. The summed E-state index contributed by atoms with van der Waals surface area (Å²) in [6, 6.07) is 4.44. The minimum atomic E-state index is -2.64. The average Bonchev–Trinajstić information content (AvgIpc) is 3.45. The van der Waals surface area contributed by atoms with Crippen LogP contribution in [0, 0.1) is 0 Å². The molecule has 152 valence electrons. The predicted octanol–water partition coefficient (Wildman–Crippen LogP) is 0.403. The third-order valence-corrected chi connectivity index (χ3v) is 5.48. The summed E-state index contributed by atoms with van der Waals surface area (Å²) in [4.78, 5) is 26.7. The van der Waals surface area contributed by atoms with Crippen LogP contribution in [0.25, 0.3) is 0 Å². The van der Waals surface area contributed by atoms with E-state index in [1.54, 1.807) is 18.2 Å². The molecule has 1 aliphatic carbocycles. The van der Waals surface area contributed by atoms with Crippen LogP contribution in [0.3, 0.4) is 0 Å². The number of benzene rings is 1. The zero-order valence-electron chi connectivity index (χ0n) is 15.6. The summed E-state index contributed by atoms with van der Waals surface area (Å²) in [7, 11) is 0.228. The summed E-state index contributed by atoms with van der Waals surface area (Å²) >= 11 is 0. The molecule has 28 heavy (non-hydrogen) atoms. The van der Waals surface area contributed by atoms with Gasteiger partial charge in [-0.15, -0.1) is 4.36 Å². The quantitative estimate of drug-likeness (QED) is 0.720. The van der Waals surface area contributed by atoms with Gasteiger partial charge in [0.05, 0.1) is 20.3 Å². The molecule has 2 unspecified atom stereocenters. The lowest BCUT2D eigenvalue weighted by atomic mass is 10.0. The second-order valence-electron chi connectivity index (χ2n) is 6.55. The van der Waals surface area contributed by atoms with Crippen molar-refractivity contribution in [2.75, 3.05) is 40.5 Å². The molecule has 0 radical (unpaired) electrons. The van der Waals surface area contributed by atoms with Gasteiger partial charge in [-0.05, 0) is 24.1 Å². The van der Waals surface area contributed by atoms with E-state index < -0.39 is 22.1 Å². The summed E-state index contributed by atoms with van der Waals surface area (Å²) in [6.45, 7) is 2.13. The number of hydrogen-bond donors (Lipinski definition) is 2. The van der Waals surface area contributed by atoms with Gasteiger partial charge in [0.15, 0.2) is 0 Å². The Hall–Kier alpha value is -2.50. The third-order valence-electron chi connectivity index (χ3n) is 5.13. The number of urea groups is 1. The molecule has 2 aliphatic rings. The molecule has 2 N–H and O–H groups in total. The Morgan fingerprint density at radius 3 is 2.64 bits per heavy atom. The van der Waals surface area contributed by atoms with E-state index in [1.807, 2.05) is 4.90 Å². The highest BCUT2D eigenvalue weighted by molar-refractivity contribution is 7.61. The van der Waals surface area contributed by atoms with Crippen molar-refractivity contribution >= 4 is 28.1 Å². The van der Waals surface area contributed by atoms with Crippen molar-refractivity contribution < 1.29 is 27.5 Å². The number of carbonyl (C=O) groups is 2. The smallest absolute Gasteiger partial charge is 0.321 e. The SMILES string of the molecule is CNC(=O)NC(=O)C1(N2CCOCC2)CC1c1ccc(OC)c(N=S(=O)=O)c1. The molecule has 1 saturated carbocycles.